The van der Waals surface area contributed by atoms with E-state index in [0.29, 0.717) is 10.6 Å². The van der Waals surface area contributed by atoms with Crippen molar-refractivity contribution in [2.24, 2.45) is 5.41 Å². The molecule has 1 N–H and O–H groups in total. The Morgan fingerprint density at radius 1 is 1.25 bits per heavy atom. The van der Waals surface area contributed by atoms with Gasteiger partial charge in [-0.3, -0.25) is 0 Å². The van der Waals surface area contributed by atoms with Crippen molar-refractivity contribution in [1.29, 1.82) is 0 Å². The Bertz CT molecular complexity index is 459. The number of hydrogen-bond donors (Lipinski definition) is 1. The van der Waals surface area contributed by atoms with Gasteiger partial charge in [-0.2, -0.15) is 0 Å². The van der Waals surface area contributed by atoms with E-state index in [0.717, 1.165) is 18.2 Å². The molecular formula is C16H26ClN3. The van der Waals surface area contributed by atoms with Crippen LogP contribution in [0.25, 0.3) is 0 Å². The van der Waals surface area contributed by atoms with Crippen molar-refractivity contribution in [1.82, 2.24) is 9.97 Å². The van der Waals surface area contributed by atoms with Crippen molar-refractivity contribution >= 4 is 17.4 Å². The number of hydrogen-bond acceptors (Lipinski definition) is 3. The minimum atomic E-state index is -0.0862. The number of aromatic nitrogens is 2. The quantitative estimate of drug-likeness (QED) is 0.810. The number of anilines is 1. The van der Waals surface area contributed by atoms with Gasteiger partial charge in [0.25, 0.3) is 0 Å². The second-order valence-corrected chi connectivity index (χ2v) is 7.45. The summed E-state index contributed by atoms with van der Waals surface area (Å²) in [5.41, 5.74) is 0.358. The highest BCUT2D eigenvalue weighted by Gasteiger charge is 2.31. The lowest BCUT2D eigenvalue weighted by molar-refractivity contribution is 0.306. The summed E-state index contributed by atoms with van der Waals surface area (Å²) in [4.78, 5) is 8.96. The van der Waals surface area contributed by atoms with Crippen LogP contribution in [-0.2, 0) is 5.41 Å². The van der Waals surface area contributed by atoms with Crippen molar-refractivity contribution in [2.75, 3.05) is 11.9 Å². The molecule has 2 rings (SSSR count). The van der Waals surface area contributed by atoms with E-state index < -0.39 is 0 Å². The highest BCUT2D eigenvalue weighted by Crippen LogP contribution is 2.40. The first-order valence-corrected chi connectivity index (χ1v) is 8.01. The molecule has 0 aliphatic heterocycles. The molecule has 112 valence electrons. The molecule has 20 heavy (non-hydrogen) atoms. The summed E-state index contributed by atoms with van der Waals surface area (Å²) in [5.74, 6) is 1.65. The Hall–Kier alpha value is -0.830. The molecule has 1 aliphatic rings. The van der Waals surface area contributed by atoms with E-state index in [1.54, 1.807) is 0 Å². The van der Waals surface area contributed by atoms with Crippen LogP contribution in [0.1, 0.15) is 65.6 Å². The Morgan fingerprint density at radius 3 is 2.45 bits per heavy atom. The zero-order valence-corrected chi connectivity index (χ0v) is 13.8. The molecule has 0 atom stereocenters. The van der Waals surface area contributed by atoms with Gasteiger partial charge in [0, 0.05) is 18.0 Å². The number of rotatable bonds is 4. The topological polar surface area (TPSA) is 37.8 Å². The fourth-order valence-corrected chi connectivity index (χ4v) is 3.09. The molecule has 0 saturated heterocycles. The van der Waals surface area contributed by atoms with Crippen molar-refractivity contribution < 1.29 is 0 Å². The number of nitrogens with zero attached hydrogens (tertiary/aromatic N) is 2. The number of nitrogens with one attached hydrogen (secondary N) is 1. The van der Waals surface area contributed by atoms with E-state index in [4.69, 9.17) is 11.6 Å². The van der Waals surface area contributed by atoms with Crippen LogP contribution in [-0.4, -0.2) is 16.5 Å². The molecule has 1 aromatic rings. The Kier molecular flexibility index (Phi) is 4.58. The van der Waals surface area contributed by atoms with Crippen LogP contribution in [0.4, 0.5) is 5.82 Å². The van der Waals surface area contributed by atoms with Gasteiger partial charge >= 0.3 is 0 Å². The fourth-order valence-electron chi connectivity index (χ4n) is 2.90. The summed E-state index contributed by atoms with van der Waals surface area (Å²) < 4.78 is 0. The molecular weight excluding hydrogens is 270 g/mol. The number of halogens is 1. The normalized spacial score (nSPS) is 18.2. The summed E-state index contributed by atoms with van der Waals surface area (Å²) in [6.45, 7) is 9.59. The van der Waals surface area contributed by atoms with Gasteiger partial charge in [0.1, 0.15) is 16.8 Å². The largest absolute Gasteiger partial charge is 0.369 e. The van der Waals surface area contributed by atoms with Gasteiger partial charge in [0.15, 0.2) is 0 Å². The van der Waals surface area contributed by atoms with Gasteiger partial charge in [-0.15, -0.1) is 0 Å². The Morgan fingerprint density at radius 2 is 1.90 bits per heavy atom. The van der Waals surface area contributed by atoms with Gasteiger partial charge < -0.3 is 5.32 Å². The van der Waals surface area contributed by atoms with E-state index in [-0.39, 0.29) is 5.41 Å². The van der Waals surface area contributed by atoms with Crippen LogP contribution < -0.4 is 5.32 Å². The van der Waals surface area contributed by atoms with Crippen molar-refractivity contribution in [3.63, 3.8) is 0 Å². The lowest BCUT2D eigenvalue weighted by Gasteiger charge is -2.28. The maximum atomic E-state index is 6.13. The lowest BCUT2D eigenvalue weighted by Crippen LogP contribution is -2.27. The second kappa shape index (κ2) is 5.88. The van der Waals surface area contributed by atoms with E-state index in [1.807, 2.05) is 6.07 Å². The predicted octanol–water partition coefficient (Wildman–Crippen LogP) is 4.81. The third-order valence-corrected chi connectivity index (χ3v) is 4.62. The molecule has 1 aliphatic carbocycles. The molecule has 1 fully saturated rings. The zero-order valence-electron chi connectivity index (χ0n) is 13.1. The molecule has 3 nitrogen and oxygen atoms in total. The first kappa shape index (κ1) is 15.6. The monoisotopic (exact) mass is 295 g/mol. The van der Waals surface area contributed by atoms with Crippen LogP contribution in [0, 0.1) is 5.41 Å². The van der Waals surface area contributed by atoms with Crippen LogP contribution in [0.5, 0.6) is 0 Å². The molecule has 0 bridgehead atoms. The first-order valence-electron chi connectivity index (χ1n) is 7.64. The fraction of sp³-hybridized carbons (Fsp3) is 0.750. The van der Waals surface area contributed by atoms with Crippen LogP contribution in [0.3, 0.4) is 0 Å². The minimum absolute atomic E-state index is 0.0862. The maximum absolute atomic E-state index is 6.13. The third kappa shape index (κ3) is 3.63. The SMILES string of the molecule is CCC1(CNc2cc(Cl)nc(C(C)(C)C)n2)CCCC1. The van der Waals surface area contributed by atoms with E-state index in [9.17, 15) is 0 Å². The van der Waals surface area contributed by atoms with Crippen LogP contribution >= 0.6 is 11.6 Å². The van der Waals surface area contributed by atoms with Crippen molar-refractivity contribution in [3.05, 3.63) is 17.0 Å². The molecule has 1 aromatic heterocycles. The predicted molar refractivity (Wildman–Crippen MR) is 85.4 cm³/mol. The molecule has 0 unspecified atom stereocenters. The molecule has 0 amide bonds. The smallest absolute Gasteiger partial charge is 0.137 e. The summed E-state index contributed by atoms with van der Waals surface area (Å²) in [6.07, 6.45) is 6.58. The summed E-state index contributed by atoms with van der Waals surface area (Å²) in [5, 5.41) is 4.01. The lowest BCUT2D eigenvalue weighted by atomic mass is 9.83. The summed E-state index contributed by atoms with van der Waals surface area (Å²) in [6, 6.07) is 1.83. The van der Waals surface area contributed by atoms with E-state index >= 15 is 0 Å². The van der Waals surface area contributed by atoms with Crippen molar-refractivity contribution in [2.45, 2.75) is 65.2 Å². The van der Waals surface area contributed by atoms with Gasteiger partial charge in [-0.25, -0.2) is 9.97 Å². The van der Waals surface area contributed by atoms with E-state index in [2.05, 4.69) is 43.0 Å². The van der Waals surface area contributed by atoms with Gasteiger partial charge in [-0.1, -0.05) is 52.1 Å². The average molecular weight is 296 g/mol. The van der Waals surface area contributed by atoms with Gasteiger partial charge in [-0.05, 0) is 24.7 Å². The van der Waals surface area contributed by atoms with Crippen molar-refractivity contribution in [3.8, 4) is 0 Å². The molecule has 1 saturated carbocycles. The highest BCUT2D eigenvalue weighted by molar-refractivity contribution is 6.29. The van der Waals surface area contributed by atoms with Crippen LogP contribution in [0.2, 0.25) is 5.15 Å². The molecule has 4 heteroatoms. The Labute approximate surface area is 127 Å². The van der Waals surface area contributed by atoms with E-state index in [1.165, 1.54) is 32.1 Å². The zero-order chi connectivity index (χ0) is 14.8. The standard InChI is InChI=1S/C16H26ClN3/c1-5-16(8-6-7-9-16)11-18-13-10-12(17)19-14(20-13)15(2,3)4/h10H,5-9,11H2,1-4H3,(H,18,19,20). The Balaban J connectivity index is 2.11. The molecule has 0 aromatic carbocycles. The first-order chi connectivity index (χ1) is 9.35. The molecule has 0 spiro atoms. The molecule has 0 radical (unpaired) electrons. The summed E-state index contributed by atoms with van der Waals surface area (Å²) in [7, 11) is 0. The summed E-state index contributed by atoms with van der Waals surface area (Å²) >= 11 is 6.13. The third-order valence-electron chi connectivity index (χ3n) is 4.42. The molecule has 1 heterocycles. The highest BCUT2D eigenvalue weighted by atomic mass is 35.5. The minimum Gasteiger partial charge on any atom is -0.369 e. The maximum Gasteiger partial charge on any atom is 0.137 e. The average Bonchev–Trinajstić information content (AvgIpc) is 2.84. The van der Waals surface area contributed by atoms with Gasteiger partial charge in [0.05, 0.1) is 0 Å². The second-order valence-electron chi connectivity index (χ2n) is 7.06. The van der Waals surface area contributed by atoms with Gasteiger partial charge in [0.2, 0.25) is 0 Å². The van der Waals surface area contributed by atoms with Crippen LogP contribution in [0.15, 0.2) is 6.07 Å².